The first kappa shape index (κ1) is 20.0. The summed E-state index contributed by atoms with van der Waals surface area (Å²) in [4.78, 5) is 13.8. The second kappa shape index (κ2) is 8.07. The van der Waals surface area contributed by atoms with Crippen molar-refractivity contribution in [3.8, 4) is 0 Å². The van der Waals surface area contributed by atoms with Crippen LogP contribution in [-0.4, -0.2) is 27.9 Å². The minimum atomic E-state index is 0.0992. The zero-order chi connectivity index (χ0) is 20.4. The molecule has 28 heavy (non-hydrogen) atoms. The van der Waals surface area contributed by atoms with Gasteiger partial charge in [0, 0.05) is 29.9 Å². The standard InChI is InChI=1S/C23H28N4O/c1-13(2)21-16(5)14(3)15(4)19(12-25-21)22-18-8-6-7-17(9-10-28)11-20(18)26-23(24)27-22/h6-7,11-12,14,28H,1,8-10H2,2-5H3,(H2,24,26,27). The van der Waals surface area contributed by atoms with E-state index in [2.05, 4.69) is 43.4 Å². The lowest BCUT2D eigenvalue weighted by atomic mass is 9.88. The van der Waals surface area contributed by atoms with Crippen LogP contribution in [0.5, 0.6) is 0 Å². The van der Waals surface area contributed by atoms with E-state index in [1.54, 1.807) is 0 Å². The van der Waals surface area contributed by atoms with Gasteiger partial charge in [0.25, 0.3) is 0 Å². The van der Waals surface area contributed by atoms with Gasteiger partial charge in [-0.25, -0.2) is 9.97 Å². The lowest BCUT2D eigenvalue weighted by molar-refractivity contribution is 0.300. The van der Waals surface area contributed by atoms with E-state index in [4.69, 9.17) is 10.7 Å². The largest absolute Gasteiger partial charge is 0.396 e. The fraction of sp³-hybridized carbons (Fsp3) is 0.348. The van der Waals surface area contributed by atoms with Crippen LogP contribution in [-0.2, 0) is 6.42 Å². The predicted octanol–water partition coefficient (Wildman–Crippen LogP) is 4.28. The van der Waals surface area contributed by atoms with Crippen LogP contribution in [0.2, 0.25) is 0 Å². The Morgan fingerprint density at radius 1 is 1.29 bits per heavy atom. The van der Waals surface area contributed by atoms with Gasteiger partial charge < -0.3 is 10.8 Å². The Balaban J connectivity index is 2.19. The van der Waals surface area contributed by atoms with Crippen molar-refractivity contribution >= 4 is 23.8 Å². The monoisotopic (exact) mass is 376 g/mol. The fourth-order valence-corrected chi connectivity index (χ4v) is 3.69. The molecule has 0 radical (unpaired) electrons. The number of aliphatic hydroxyl groups excluding tert-OH is 1. The molecule has 1 aliphatic carbocycles. The molecular formula is C23H28N4O. The zero-order valence-electron chi connectivity index (χ0n) is 17.1. The van der Waals surface area contributed by atoms with Gasteiger partial charge in [-0.15, -0.1) is 0 Å². The molecule has 5 nitrogen and oxygen atoms in total. The molecule has 0 spiro atoms. The number of nitrogens with two attached hydrogens (primary N) is 1. The van der Waals surface area contributed by atoms with Crippen molar-refractivity contribution in [1.82, 2.24) is 9.97 Å². The lowest BCUT2D eigenvalue weighted by Gasteiger charge is -2.18. The summed E-state index contributed by atoms with van der Waals surface area (Å²) in [6, 6.07) is 0. The third-order valence-electron chi connectivity index (χ3n) is 5.51. The zero-order valence-corrected chi connectivity index (χ0v) is 17.1. The number of anilines is 1. The molecular weight excluding hydrogens is 348 g/mol. The molecule has 3 N–H and O–H groups in total. The number of nitrogens with zero attached hydrogens (tertiary/aromatic N) is 3. The lowest BCUT2D eigenvalue weighted by Crippen LogP contribution is -2.10. The third kappa shape index (κ3) is 3.76. The molecule has 0 bridgehead atoms. The maximum absolute atomic E-state index is 9.29. The van der Waals surface area contributed by atoms with Crippen molar-refractivity contribution in [3.63, 3.8) is 0 Å². The van der Waals surface area contributed by atoms with Gasteiger partial charge in [0.15, 0.2) is 0 Å². The van der Waals surface area contributed by atoms with Crippen LogP contribution in [0.4, 0.5) is 5.95 Å². The number of hydrogen-bond acceptors (Lipinski definition) is 5. The van der Waals surface area contributed by atoms with Gasteiger partial charge in [0.1, 0.15) is 0 Å². The molecule has 3 rings (SSSR count). The van der Waals surface area contributed by atoms with Crippen molar-refractivity contribution in [2.24, 2.45) is 10.9 Å². The molecule has 1 aliphatic heterocycles. The van der Waals surface area contributed by atoms with Gasteiger partial charge in [0.2, 0.25) is 5.95 Å². The summed E-state index contributed by atoms with van der Waals surface area (Å²) in [7, 11) is 0. The Labute approximate surface area is 166 Å². The molecule has 0 saturated heterocycles. The number of aliphatic hydroxyl groups is 1. The molecule has 146 valence electrons. The molecule has 1 aromatic heterocycles. The molecule has 1 atom stereocenters. The summed E-state index contributed by atoms with van der Waals surface area (Å²) in [6.45, 7) is 12.6. The number of aliphatic imine (C=N–C) groups is 1. The highest BCUT2D eigenvalue weighted by Gasteiger charge is 2.23. The van der Waals surface area contributed by atoms with Gasteiger partial charge in [0.05, 0.1) is 17.1 Å². The summed E-state index contributed by atoms with van der Waals surface area (Å²) in [5.74, 6) is 0.462. The molecule has 0 fully saturated rings. The van der Waals surface area contributed by atoms with Crippen molar-refractivity contribution in [2.45, 2.75) is 40.5 Å². The summed E-state index contributed by atoms with van der Waals surface area (Å²) >= 11 is 0. The van der Waals surface area contributed by atoms with E-state index in [1.165, 1.54) is 11.1 Å². The molecule has 1 aromatic rings. The minimum Gasteiger partial charge on any atom is -0.396 e. The van der Waals surface area contributed by atoms with Gasteiger partial charge in [-0.1, -0.05) is 31.2 Å². The van der Waals surface area contributed by atoms with Gasteiger partial charge in [-0.05, 0) is 56.4 Å². The number of allylic oxidation sites excluding steroid dienone is 6. The second-order valence-corrected chi connectivity index (χ2v) is 7.48. The Kier molecular flexibility index (Phi) is 5.75. The number of aromatic nitrogens is 2. The summed E-state index contributed by atoms with van der Waals surface area (Å²) < 4.78 is 0. The van der Waals surface area contributed by atoms with E-state index in [1.807, 2.05) is 25.3 Å². The molecule has 0 amide bonds. The minimum absolute atomic E-state index is 0.0992. The average molecular weight is 377 g/mol. The smallest absolute Gasteiger partial charge is 0.221 e. The highest BCUT2D eigenvalue weighted by molar-refractivity contribution is 6.12. The SMILES string of the molecule is C=C(C)C1=C(C)C(C)C(C)=C(c2nc(N)nc3c2CC=CC(CCO)=C3)C=N1. The molecule has 1 unspecified atom stereocenters. The van der Waals surface area contributed by atoms with E-state index < -0.39 is 0 Å². The Bertz CT molecular complexity index is 977. The highest BCUT2D eigenvalue weighted by Crippen LogP contribution is 2.35. The van der Waals surface area contributed by atoms with Crippen LogP contribution in [0.25, 0.3) is 11.6 Å². The van der Waals surface area contributed by atoms with Crippen LogP contribution in [0.3, 0.4) is 0 Å². The Hall–Kier alpha value is -2.79. The second-order valence-electron chi connectivity index (χ2n) is 7.48. The molecule has 0 aromatic carbocycles. The van der Waals surface area contributed by atoms with Crippen molar-refractivity contribution in [3.05, 3.63) is 63.7 Å². The number of rotatable bonds is 4. The number of fused-ring (bicyclic) bond motifs is 1. The number of hydrogen-bond donors (Lipinski definition) is 2. The maximum atomic E-state index is 9.29. The molecule has 2 heterocycles. The van der Waals surface area contributed by atoms with Gasteiger partial charge >= 0.3 is 0 Å². The van der Waals surface area contributed by atoms with Crippen molar-refractivity contribution < 1.29 is 5.11 Å². The first-order valence-corrected chi connectivity index (χ1v) is 9.59. The van der Waals surface area contributed by atoms with E-state index in [9.17, 15) is 5.11 Å². The van der Waals surface area contributed by atoms with Crippen LogP contribution in [0, 0.1) is 5.92 Å². The predicted molar refractivity (Wildman–Crippen MR) is 117 cm³/mol. The molecule has 0 saturated carbocycles. The van der Waals surface area contributed by atoms with Crippen molar-refractivity contribution in [1.29, 1.82) is 0 Å². The van der Waals surface area contributed by atoms with Crippen LogP contribution in [0.15, 0.2) is 51.7 Å². The summed E-state index contributed by atoms with van der Waals surface area (Å²) in [5.41, 5.74) is 15.1. The normalized spacial score (nSPS) is 19.3. The van der Waals surface area contributed by atoms with E-state index in [0.717, 1.165) is 39.4 Å². The first-order valence-electron chi connectivity index (χ1n) is 9.59. The van der Waals surface area contributed by atoms with Crippen LogP contribution in [0.1, 0.15) is 51.1 Å². The van der Waals surface area contributed by atoms with E-state index in [-0.39, 0.29) is 18.5 Å². The van der Waals surface area contributed by atoms with Crippen molar-refractivity contribution in [2.75, 3.05) is 12.3 Å². The quantitative estimate of drug-likeness (QED) is 0.821. The highest BCUT2D eigenvalue weighted by atomic mass is 16.2. The van der Waals surface area contributed by atoms with Crippen LogP contribution < -0.4 is 5.73 Å². The Morgan fingerprint density at radius 2 is 2.04 bits per heavy atom. The third-order valence-corrected chi connectivity index (χ3v) is 5.51. The number of nitrogen functional groups attached to an aromatic ring is 1. The molecule has 2 aliphatic rings. The Morgan fingerprint density at radius 3 is 2.71 bits per heavy atom. The first-order chi connectivity index (χ1) is 13.3. The van der Waals surface area contributed by atoms with Crippen LogP contribution >= 0.6 is 0 Å². The fourth-order valence-electron chi connectivity index (χ4n) is 3.69. The topological polar surface area (TPSA) is 84.4 Å². The summed E-state index contributed by atoms with van der Waals surface area (Å²) in [5, 5.41) is 9.29. The van der Waals surface area contributed by atoms with E-state index >= 15 is 0 Å². The average Bonchev–Trinajstić information content (AvgIpc) is 2.90. The maximum Gasteiger partial charge on any atom is 0.221 e. The van der Waals surface area contributed by atoms with Gasteiger partial charge in [-0.3, -0.25) is 4.99 Å². The van der Waals surface area contributed by atoms with Gasteiger partial charge in [-0.2, -0.15) is 0 Å². The summed E-state index contributed by atoms with van der Waals surface area (Å²) in [6.07, 6.45) is 9.30. The molecule has 5 heteroatoms. The van der Waals surface area contributed by atoms with E-state index in [0.29, 0.717) is 12.8 Å².